The van der Waals surface area contributed by atoms with Crippen molar-refractivity contribution in [1.82, 2.24) is 4.98 Å². The Morgan fingerprint density at radius 3 is 2.60 bits per heavy atom. The number of esters is 1. The van der Waals surface area contributed by atoms with Crippen LogP contribution in [0.3, 0.4) is 0 Å². The largest absolute Gasteiger partial charge is 0.466 e. The van der Waals surface area contributed by atoms with E-state index in [0.29, 0.717) is 23.4 Å². The molecule has 0 aliphatic heterocycles. The zero-order valence-corrected chi connectivity index (χ0v) is 13.8. The van der Waals surface area contributed by atoms with Gasteiger partial charge in [-0.05, 0) is 23.7 Å². The molecule has 0 saturated heterocycles. The maximum atomic E-state index is 11.4. The predicted molar refractivity (Wildman–Crippen MR) is 82.0 cm³/mol. The van der Waals surface area contributed by atoms with Gasteiger partial charge in [0.2, 0.25) is 0 Å². The van der Waals surface area contributed by atoms with Crippen molar-refractivity contribution in [2.45, 2.75) is 41.0 Å². The molecular formula is C15H24N2O2S. The zero-order chi connectivity index (χ0) is 15.0. The van der Waals surface area contributed by atoms with E-state index in [1.165, 1.54) is 0 Å². The van der Waals surface area contributed by atoms with Crippen LogP contribution in [0.2, 0.25) is 0 Å². The van der Waals surface area contributed by atoms with Crippen molar-refractivity contribution in [3.8, 4) is 0 Å². The van der Waals surface area contributed by atoms with E-state index in [0.717, 1.165) is 17.4 Å². The topological polar surface area (TPSA) is 51.2 Å². The van der Waals surface area contributed by atoms with E-state index >= 15 is 0 Å². The minimum atomic E-state index is -0.214. The lowest BCUT2D eigenvalue weighted by Crippen LogP contribution is -2.09. The number of hydrogen-bond donors (Lipinski definition) is 1. The molecule has 0 amide bonds. The fourth-order valence-corrected chi connectivity index (χ4v) is 3.58. The maximum absolute atomic E-state index is 11.4. The van der Waals surface area contributed by atoms with Crippen molar-refractivity contribution in [1.29, 1.82) is 0 Å². The number of carbonyl (C=O) groups is 1. The van der Waals surface area contributed by atoms with E-state index in [4.69, 9.17) is 4.74 Å². The van der Waals surface area contributed by atoms with Crippen LogP contribution in [-0.2, 0) is 16.0 Å². The highest BCUT2D eigenvalue weighted by atomic mass is 32.1. The maximum Gasteiger partial charge on any atom is 0.311 e. The van der Waals surface area contributed by atoms with Crippen LogP contribution in [-0.4, -0.2) is 24.1 Å². The highest BCUT2D eigenvalue weighted by Gasteiger charge is 2.64. The average molecular weight is 296 g/mol. The van der Waals surface area contributed by atoms with Gasteiger partial charge in [-0.1, -0.05) is 27.7 Å². The van der Waals surface area contributed by atoms with Gasteiger partial charge in [-0.15, -0.1) is 11.3 Å². The number of aromatic nitrogens is 1. The van der Waals surface area contributed by atoms with Gasteiger partial charge < -0.3 is 10.1 Å². The molecule has 112 valence electrons. The molecule has 1 aromatic heterocycles. The third-order valence-electron chi connectivity index (χ3n) is 4.96. The molecule has 5 heteroatoms. The molecule has 1 aliphatic carbocycles. The second-order valence-electron chi connectivity index (χ2n) is 6.50. The lowest BCUT2D eigenvalue weighted by Gasteiger charge is -2.04. The SMILES string of the molecule is CCOC(=O)Cc1csc(NCC2C(C)(C)C2(C)C)n1. The molecular weight excluding hydrogens is 272 g/mol. The van der Waals surface area contributed by atoms with Crippen molar-refractivity contribution in [2.75, 3.05) is 18.5 Å². The molecule has 2 rings (SSSR count). The van der Waals surface area contributed by atoms with Crippen LogP contribution < -0.4 is 5.32 Å². The molecule has 0 aromatic carbocycles. The van der Waals surface area contributed by atoms with Gasteiger partial charge in [0.25, 0.3) is 0 Å². The first kappa shape index (κ1) is 15.3. The monoisotopic (exact) mass is 296 g/mol. The first-order valence-electron chi connectivity index (χ1n) is 7.13. The average Bonchev–Trinajstić information content (AvgIpc) is 2.68. The van der Waals surface area contributed by atoms with Crippen molar-refractivity contribution < 1.29 is 9.53 Å². The normalized spacial score (nSPS) is 19.6. The Labute approximate surface area is 124 Å². The number of rotatable bonds is 6. The van der Waals surface area contributed by atoms with E-state index in [1.807, 2.05) is 12.3 Å². The summed E-state index contributed by atoms with van der Waals surface area (Å²) in [5.74, 6) is 0.446. The molecule has 1 fully saturated rings. The summed E-state index contributed by atoms with van der Waals surface area (Å²) >= 11 is 1.55. The summed E-state index contributed by atoms with van der Waals surface area (Å²) in [5.41, 5.74) is 1.54. The van der Waals surface area contributed by atoms with Crippen LogP contribution in [0.4, 0.5) is 5.13 Å². The number of ether oxygens (including phenoxy) is 1. The lowest BCUT2D eigenvalue weighted by molar-refractivity contribution is -0.142. The number of thiazole rings is 1. The van der Waals surface area contributed by atoms with Gasteiger partial charge in [0.05, 0.1) is 18.7 Å². The van der Waals surface area contributed by atoms with Gasteiger partial charge in [0, 0.05) is 11.9 Å². The molecule has 1 aromatic rings. The standard InChI is InChI=1S/C15H24N2O2S/c1-6-19-12(18)7-10-9-20-13(17-10)16-8-11-14(2,3)15(11,4)5/h9,11H,6-8H2,1-5H3,(H,16,17). The quantitative estimate of drug-likeness (QED) is 0.818. The Morgan fingerprint density at radius 2 is 2.05 bits per heavy atom. The van der Waals surface area contributed by atoms with Crippen LogP contribution in [0.5, 0.6) is 0 Å². The van der Waals surface area contributed by atoms with Gasteiger partial charge in [-0.2, -0.15) is 0 Å². The molecule has 1 heterocycles. The number of anilines is 1. The fraction of sp³-hybridized carbons (Fsp3) is 0.733. The van der Waals surface area contributed by atoms with Crippen molar-refractivity contribution >= 4 is 22.4 Å². The molecule has 1 saturated carbocycles. The summed E-state index contributed by atoms with van der Waals surface area (Å²) in [6, 6.07) is 0. The van der Waals surface area contributed by atoms with Crippen molar-refractivity contribution in [2.24, 2.45) is 16.7 Å². The predicted octanol–water partition coefficient (Wildman–Crippen LogP) is 3.34. The van der Waals surface area contributed by atoms with Gasteiger partial charge in [-0.3, -0.25) is 4.79 Å². The molecule has 0 radical (unpaired) electrons. The highest BCUT2D eigenvalue weighted by molar-refractivity contribution is 7.13. The first-order chi connectivity index (χ1) is 9.29. The summed E-state index contributed by atoms with van der Waals surface area (Å²) in [4.78, 5) is 15.8. The first-order valence-corrected chi connectivity index (χ1v) is 8.01. The highest BCUT2D eigenvalue weighted by Crippen LogP contribution is 2.68. The van der Waals surface area contributed by atoms with Crippen molar-refractivity contribution in [3.05, 3.63) is 11.1 Å². The zero-order valence-electron chi connectivity index (χ0n) is 12.9. The Hall–Kier alpha value is -1.10. The molecule has 0 unspecified atom stereocenters. The number of nitrogens with zero attached hydrogens (tertiary/aromatic N) is 1. The van der Waals surface area contributed by atoms with Crippen LogP contribution in [0, 0.1) is 16.7 Å². The molecule has 0 atom stereocenters. The molecule has 4 nitrogen and oxygen atoms in total. The Morgan fingerprint density at radius 1 is 1.40 bits per heavy atom. The Kier molecular flexibility index (Phi) is 4.09. The molecule has 1 N–H and O–H groups in total. The second-order valence-corrected chi connectivity index (χ2v) is 7.36. The number of hydrogen-bond acceptors (Lipinski definition) is 5. The summed E-state index contributed by atoms with van der Waals surface area (Å²) in [6.45, 7) is 12.4. The lowest BCUT2D eigenvalue weighted by atomic mass is 10.0. The summed E-state index contributed by atoms with van der Waals surface area (Å²) in [5, 5.41) is 6.21. The Bertz CT molecular complexity index is 480. The van der Waals surface area contributed by atoms with E-state index < -0.39 is 0 Å². The number of nitrogens with one attached hydrogen (secondary N) is 1. The summed E-state index contributed by atoms with van der Waals surface area (Å²) in [7, 11) is 0. The molecule has 0 spiro atoms. The van der Waals surface area contributed by atoms with E-state index in [2.05, 4.69) is 38.0 Å². The van der Waals surface area contributed by atoms with Crippen LogP contribution in [0.1, 0.15) is 40.3 Å². The smallest absolute Gasteiger partial charge is 0.311 e. The summed E-state index contributed by atoms with van der Waals surface area (Å²) < 4.78 is 4.92. The van der Waals surface area contributed by atoms with Crippen LogP contribution in [0.15, 0.2) is 5.38 Å². The molecule has 20 heavy (non-hydrogen) atoms. The number of carbonyl (C=O) groups excluding carboxylic acids is 1. The van der Waals surface area contributed by atoms with Gasteiger partial charge in [0.15, 0.2) is 5.13 Å². The minimum absolute atomic E-state index is 0.214. The van der Waals surface area contributed by atoms with Gasteiger partial charge in [-0.25, -0.2) is 4.98 Å². The summed E-state index contributed by atoms with van der Waals surface area (Å²) in [6.07, 6.45) is 0.256. The van der Waals surface area contributed by atoms with Crippen LogP contribution >= 0.6 is 11.3 Å². The van der Waals surface area contributed by atoms with E-state index in [-0.39, 0.29) is 12.4 Å². The second kappa shape index (κ2) is 5.35. The minimum Gasteiger partial charge on any atom is -0.466 e. The van der Waals surface area contributed by atoms with Crippen LogP contribution in [0.25, 0.3) is 0 Å². The van der Waals surface area contributed by atoms with Gasteiger partial charge in [0.1, 0.15) is 0 Å². The molecule has 0 bridgehead atoms. The molecule has 1 aliphatic rings. The fourth-order valence-electron chi connectivity index (χ4n) is 2.86. The third-order valence-corrected chi connectivity index (χ3v) is 5.81. The third kappa shape index (κ3) is 2.82. The van der Waals surface area contributed by atoms with Crippen molar-refractivity contribution in [3.63, 3.8) is 0 Å². The van der Waals surface area contributed by atoms with Gasteiger partial charge >= 0.3 is 5.97 Å². The Balaban J connectivity index is 1.84. The van der Waals surface area contributed by atoms with E-state index in [9.17, 15) is 4.79 Å². The van der Waals surface area contributed by atoms with E-state index in [1.54, 1.807) is 11.3 Å².